The first-order valence-corrected chi connectivity index (χ1v) is 26.0. The lowest BCUT2D eigenvalue weighted by Gasteiger charge is -2.36. The van der Waals surface area contributed by atoms with Crippen molar-refractivity contribution in [1.29, 1.82) is 0 Å². The largest absolute Gasteiger partial charge is 0.396 e. The summed E-state index contributed by atoms with van der Waals surface area (Å²) in [5.41, 5.74) is 1.41. The van der Waals surface area contributed by atoms with Crippen LogP contribution in [0.25, 0.3) is 12.2 Å². The maximum Gasteiger partial charge on any atom is 0.263 e. The highest BCUT2D eigenvalue weighted by Gasteiger charge is 2.62. The Morgan fingerprint density at radius 2 is 1.04 bits per heavy atom. The molecule has 8 atom stereocenters. The third-order valence-corrected chi connectivity index (χ3v) is 17.9. The minimum absolute atomic E-state index is 0.0553. The standard InChI is InChI=1S/2C23H29N5O5S/c2*1-3-4-15-7-8-17-21-20(22(30)24-9-14-5-6-14)16(12-29)18(10-27(17)23(15)31)28(21)34(32,33)19-11-26(2)13-25-19/h2*3-4,7-8,11,13-14,16,18,20-21,29H,5-6,9-10,12H2,1-2H3,(H,24,30)/b4-3+;4-3-/t2*16-,18-,20+,21+/m00/s1. The number of hydrogen-bond acceptors (Lipinski definition) is 12. The van der Waals surface area contributed by atoms with Gasteiger partial charge in [0.2, 0.25) is 11.8 Å². The van der Waals surface area contributed by atoms with Crippen LogP contribution in [-0.4, -0.2) is 114 Å². The zero-order valence-electron chi connectivity index (χ0n) is 38.3. The summed E-state index contributed by atoms with van der Waals surface area (Å²) < 4.78 is 63.9. The number of amides is 2. The summed E-state index contributed by atoms with van der Waals surface area (Å²) in [6.45, 7) is 4.06. The number of imidazole rings is 2. The molecule has 4 bridgehead atoms. The van der Waals surface area contributed by atoms with Crippen LogP contribution >= 0.6 is 0 Å². The van der Waals surface area contributed by atoms with Crippen molar-refractivity contribution in [3.05, 3.63) is 105 Å². The Bertz CT molecular complexity index is 2820. The van der Waals surface area contributed by atoms with E-state index in [0.29, 0.717) is 47.4 Å². The second kappa shape index (κ2) is 18.4. The quantitative estimate of drug-likeness (QED) is 0.138. The van der Waals surface area contributed by atoms with Gasteiger partial charge < -0.3 is 39.1 Å². The van der Waals surface area contributed by atoms with Gasteiger partial charge in [-0.2, -0.15) is 8.61 Å². The van der Waals surface area contributed by atoms with Crippen molar-refractivity contribution in [2.24, 2.45) is 49.6 Å². The zero-order chi connectivity index (χ0) is 48.4. The number of carbonyl (C=O) groups is 2. The molecule has 2 saturated carbocycles. The number of pyridine rings is 2. The Morgan fingerprint density at radius 3 is 1.35 bits per heavy atom. The highest BCUT2D eigenvalue weighted by atomic mass is 32.2. The van der Waals surface area contributed by atoms with Gasteiger partial charge in [-0.05, 0) is 75.6 Å². The number of nitrogens with one attached hydrogen (secondary N) is 2. The van der Waals surface area contributed by atoms with Gasteiger partial charge >= 0.3 is 0 Å². The first-order chi connectivity index (χ1) is 32.5. The molecule has 68 heavy (non-hydrogen) atoms. The number of nitrogens with zero attached hydrogens (tertiary/aromatic N) is 8. The van der Waals surface area contributed by atoms with Crippen LogP contribution in [0.2, 0.25) is 0 Å². The molecule has 0 unspecified atom stereocenters. The molecule has 4 N–H and O–H groups in total. The van der Waals surface area contributed by atoms with Crippen LogP contribution in [0.5, 0.6) is 0 Å². The van der Waals surface area contributed by atoms with Crippen LogP contribution < -0.4 is 21.8 Å². The minimum Gasteiger partial charge on any atom is -0.396 e. The molecule has 364 valence electrons. The zero-order valence-corrected chi connectivity index (χ0v) is 40.0. The topological polar surface area (TPSA) is 253 Å². The van der Waals surface area contributed by atoms with Crippen molar-refractivity contribution < 1.29 is 36.6 Å². The molecule has 20 nitrogen and oxygen atoms in total. The Morgan fingerprint density at radius 1 is 0.662 bits per heavy atom. The van der Waals surface area contributed by atoms with Crippen molar-refractivity contribution in [1.82, 2.24) is 47.5 Å². The summed E-state index contributed by atoms with van der Waals surface area (Å²) in [6.07, 6.45) is 16.8. The number of fused-ring (bicyclic) bond motifs is 8. The highest BCUT2D eigenvalue weighted by molar-refractivity contribution is 7.89. The predicted molar refractivity (Wildman–Crippen MR) is 248 cm³/mol. The fraction of sp³-hybridized carbons (Fsp3) is 0.522. The van der Waals surface area contributed by atoms with E-state index in [4.69, 9.17) is 0 Å². The summed E-state index contributed by atoms with van der Waals surface area (Å²) in [5.74, 6) is -2.66. The number of allylic oxidation sites excluding steroid dienone is 2. The van der Waals surface area contributed by atoms with Gasteiger partial charge in [-0.15, -0.1) is 0 Å². The molecule has 10 rings (SSSR count). The van der Waals surface area contributed by atoms with Crippen LogP contribution in [0, 0.1) is 35.5 Å². The van der Waals surface area contributed by atoms with Gasteiger partial charge in [-0.3, -0.25) is 19.2 Å². The van der Waals surface area contributed by atoms with E-state index in [1.54, 1.807) is 80.9 Å². The van der Waals surface area contributed by atoms with E-state index >= 15 is 0 Å². The van der Waals surface area contributed by atoms with Crippen molar-refractivity contribution in [3.8, 4) is 0 Å². The van der Waals surface area contributed by atoms with E-state index in [9.17, 15) is 46.2 Å². The van der Waals surface area contributed by atoms with E-state index < -0.39 is 67.9 Å². The number of rotatable bonds is 14. The molecule has 8 heterocycles. The molecule has 0 radical (unpaired) electrons. The van der Waals surface area contributed by atoms with Crippen molar-refractivity contribution in [3.63, 3.8) is 0 Å². The van der Waals surface area contributed by atoms with Crippen LogP contribution in [0.4, 0.5) is 0 Å². The molecule has 22 heteroatoms. The maximum absolute atomic E-state index is 13.8. The van der Waals surface area contributed by atoms with E-state index in [2.05, 4.69) is 20.6 Å². The fourth-order valence-corrected chi connectivity index (χ4v) is 14.3. The summed E-state index contributed by atoms with van der Waals surface area (Å²) in [5, 5.41) is 26.4. The Hall–Kier alpha value is -5.52. The SMILES string of the molecule is C/C=C/c1ccc2n(c1=O)C[C@H]1[C@H](CO)[C@@H](C(=O)NCC3CC3)[C@@H]2N1S(=O)(=O)c1cn(C)cn1.C/C=C\c1ccc2n(c1=O)C[C@H]1[C@H](CO)[C@@H](C(=O)NCC3CC3)[C@@H]2N1S(=O)(=O)c1cn(C)cn1. The second-order valence-electron chi connectivity index (χ2n) is 18.8. The third kappa shape index (κ3) is 8.31. The van der Waals surface area contributed by atoms with Gasteiger partial charge in [-0.1, -0.05) is 24.3 Å². The second-order valence-corrected chi connectivity index (χ2v) is 22.4. The Labute approximate surface area is 394 Å². The van der Waals surface area contributed by atoms with E-state index in [1.807, 2.05) is 13.8 Å². The number of aromatic nitrogens is 6. The summed E-state index contributed by atoms with van der Waals surface area (Å²) in [6, 6.07) is 3.40. The predicted octanol–water partition coefficient (Wildman–Crippen LogP) is 0.987. The lowest BCUT2D eigenvalue weighted by atomic mass is 9.86. The van der Waals surface area contributed by atoms with Gasteiger partial charge in [0.15, 0.2) is 10.1 Å². The average molecular weight is 975 g/mol. The number of aryl methyl sites for hydroxylation is 2. The van der Waals surface area contributed by atoms with Crippen LogP contribution in [0.3, 0.4) is 0 Å². The first-order valence-electron chi connectivity index (χ1n) is 23.1. The van der Waals surface area contributed by atoms with E-state index in [1.165, 1.54) is 33.7 Å². The normalized spacial score (nSPS) is 26.7. The van der Waals surface area contributed by atoms with Crippen LogP contribution in [-0.2, 0) is 56.8 Å². The van der Waals surface area contributed by atoms with Gasteiger partial charge in [0.1, 0.15) is 0 Å². The summed E-state index contributed by atoms with van der Waals surface area (Å²) in [7, 11) is -4.84. The number of aliphatic hydroxyl groups excluding tert-OH is 2. The van der Waals surface area contributed by atoms with Crippen molar-refractivity contribution in [2.45, 2.75) is 86.8 Å². The lowest BCUT2D eigenvalue weighted by Crippen LogP contribution is -2.49. The molecule has 4 aliphatic heterocycles. The smallest absolute Gasteiger partial charge is 0.263 e. The van der Waals surface area contributed by atoms with Crippen LogP contribution in [0.15, 0.2) is 81.1 Å². The number of sulfonamides is 2. The molecule has 0 aromatic carbocycles. The number of carbonyl (C=O) groups excluding carboxylic acids is 2. The van der Waals surface area contributed by atoms with Crippen LogP contribution in [0.1, 0.15) is 74.1 Å². The van der Waals surface area contributed by atoms with Gasteiger partial charge in [0.05, 0.1) is 36.6 Å². The summed E-state index contributed by atoms with van der Waals surface area (Å²) >= 11 is 0. The molecule has 4 aromatic heterocycles. The molecule has 6 aliphatic rings. The monoisotopic (exact) mass is 974 g/mol. The summed E-state index contributed by atoms with van der Waals surface area (Å²) in [4.78, 5) is 61.3. The molecular weight excluding hydrogens is 917 g/mol. The highest BCUT2D eigenvalue weighted by Crippen LogP contribution is 2.52. The number of aliphatic hydroxyl groups is 2. The first kappa shape index (κ1) is 47.5. The molecule has 2 saturated heterocycles. The third-order valence-electron chi connectivity index (χ3n) is 14.3. The van der Waals surface area contributed by atoms with E-state index in [-0.39, 0.29) is 59.3 Å². The van der Waals surface area contributed by atoms with Crippen molar-refractivity contribution in [2.75, 3.05) is 26.3 Å². The van der Waals surface area contributed by atoms with Gasteiger partial charge in [0.25, 0.3) is 31.2 Å². The Kier molecular flexibility index (Phi) is 12.9. The molecule has 0 spiro atoms. The maximum atomic E-state index is 13.8. The molecule has 2 amide bonds. The minimum atomic E-state index is -4.10. The van der Waals surface area contributed by atoms with Gasteiger partial charge in [0, 0.05) is 112 Å². The molecule has 2 aliphatic carbocycles. The fourth-order valence-electron chi connectivity index (χ4n) is 10.6. The molecule has 4 fully saturated rings. The Balaban J connectivity index is 0.000000170. The number of hydrogen-bond donors (Lipinski definition) is 4. The van der Waals surface area contributed by atoms with Crippen molar-refractivity contribution >= 4 is 44.0 Å². The lowest BCUT2D eigenvalue weighted by molar-refractivity contribution is -0.128. The molecule has 4 aromatic rings. The average Bonchev–Trinajstić information content (AvgIpc) is 4.19. The van der Waals surface area contributed by atoms with E-state index in [0.717, 1.165) is 25.7 Å². The molecular formula is C46H58N10O10S2. The van der Waals surface area contributed by atoms with Gasteiger partial charge in [-0.25, -0.2) is 26.8 Å².